The van der Waals surface area contributed by atoms with Gasteiger partial charge in [0.1, 0.15) is 5.82 Å². The first-order valence-corrected chi connectivity index (χ1v) is 4.31. The van der Waals surface area contributed by atoms with Crippen molar-refractivity contribution in [1.29, 1.82) is 0 Å². The molecule has 1 atom stereocenters. The molecular formula is C10H12FNO2. The van der Waals surface area contributed by atoms with Crippen molar-refractivity contribution in [2.24, 2.45) is 0 Å². The molecule has 14 heavy (non-hydrogen) atoms. The molecule has 0 spiro atoms. The first-order chi connectivity index (χ1) is 6.59. The van der Waals surface area contributed by atoms with Crippen molar-refractivity contribution in [2.45, 2.75) is 13.0 Å². The summed E-state index contributed by atoms with van der Waals surface area (Å²) in [6.07, 6.45) is -0.584. The second-order valence-corrected chi connectivity index (χ2v) is 3.07. The van der Waals surface area contributed by atoms with Crippen LogP contribution in [-0.4, -0.2) is 23.7 Å². The predicted molar refractivity (Wildman–Crippen MR) is 50.4 cm³/mol. The van der Waals surface area contributed by atoms with E-state index in [-0.39, 0.29) is 18.3 Å². The predicted octanol–water partition coefficient (Wildman–Crippen LogP) is 0.936. The molecule has 0 heterocycles. The summed E-state index contributed by atoms with van der Waals surface area (Å²) in [5.74, 6) is -0.692. The standard InChI is InChI=1S/C10H12FNO2/c1-7(13)6-12-10(14)8-2-4-9(11)5-3-8/h2-5,7,13H,6H2,1H3,(H,12,14)/t7-/m1/s1. The van der Waals surface area contributed by atoms with Crippen LogP contribution in [0.25, 0.3) is 0 Å². The molecule has 0 saturated carbocycles. The number of carbonyl (C=O) groups excluding carboxylic acids is 1. The third kappa shape index (κ3) is 3.14. The third-order valence-electron chi connectivity index (χ3n) is 1.66. The molecule has 0 radical (unpaired) electrons. The summed E-state index contributed by atoms with van der Waals surface area (Å²) in [4.78, 5) is 11.3. The number of carbonyl (C=O) groups is 1. The fourth-order valence-electron chi connectivity index (χ4n) is 0.944. The lowest BCUT2D eigenvalue weighted by molar-refractivity contribution is 0.0924. The van der Waals surface area contributed by atoms with Crippen molar-refractivity contribution in [3.8, 4) is 0 Å². The minimum Gasteiger partial charge on any atom is -0.392 e. The largest absolute Gasteiger partial charge is 0.392 e. The molecule has 1 rings (SSSR count). The number of hydrogen-bond donors (Lipinski definition) is 2. The van der Waals surface area contributed by atoms with Crippen molar-refractivity contribution < 1.29 is 14.3 Å². The second-order valence-electron chi connectivity index (χ2n) is 3.07. The molecule has 0 aliphatic heterocycles. The lowest BCUT2D eigenvalue weighted by Crippen LogP contribution is -2.30. The van der Waals surface area contributed by atoms with Crippen LogP contribution in [-0.2, 0) is 0 Å². The highest BCUT2D eigenvalue weighted by atomic mass is 19.1. The summed E-state index contributed by atoms with van der Waals surface area (Å²) in [6, 6.07) is 5.23. The highest BCUT2D eigenvalue weighted by Gasteiger charge is 2.05. The molecule has 0 fully saturated rings. The Balaban J connectivity index is 2.57. The van der Waals surface area contributed by atoms with E-state index < -0.39 is 6.10 Å². The van der Waals surface area contributed by atoms with E-state index in [4.69, 9.17) is 5.11 Å². The van der Waals surface area contributed by atoms with Gasteiger partial charge in [-0.2, -0.15) is 0 Å². The summed E-state index contributed by atoms with van der Waals surface area (Å²) < 4.78 is 12.5. The van der Waals surface area contributed by atoms with Gasteiger partial charge < -0.3 is 10.4 Å². The van der Waals surface area contributed by atoms with Crippen LogP contribution in [0, 0.1) is 5.82 Å². The number of aliphatic hydroxyl groups is 1. The van der Waals surface area contributed by atoms with Crippen LogP contribution in [0.4, 0.5) is 4.39 Å². The molecule has 0 saturated heterocycles. The Kier molecular flexibility index (Phi) is 3.59. The minimum atomic E-state index is -0.584. The molecule has 1 amide bonds. The van der Waals surface area contributed by atoms with Crippen LogP contribution in [0.3, 0.4) is 0 Å². The Morgan fingerprint density at radius 3 is 2.57 bits per heavy atom. The quantitative estimate of drug-likeness (QED) is 0.757. The zero-order chi connectivity index (χ0) is 10.6. The lowest BCUT2D eigenvalue weighted by atomic mass is 10.2. The second kappa shape index (κ2) is 4.72. The van der Waals surface area contributed by atoms with Gasteiger partial charge in [0.15, 0.2) is 0 Å². The number of halogens is 1. The highest BCUT2D eigenvalue weighted by molar-refractivity contribution is 5.94. The van der Waals surface area contributed by atoms with Crippen LogP contribution in [0.2, 0.25) is 0 Å². The van der Waals surface area contributed by atoms with E-state index in [0.29, 0.717) is 5.56 Å². The SMILES string of the molecule is C[C@@H](O)CNC(=O)c1ccc(F)cc1. The van der Waals surface area contributed by atoms with Crippen molar-refractivity contribution >= 4 is 5.91 Å². The first-order valence-electron chi connectivity index (χ1n) is 4.31. The van der Waals surface area contributed by atoms with E-state index in [2.05, 4.69) is 5.32 Å². The van der Waals surface area contributed by atoms with Gasteiger partial charge in [-0.15, -0.1) is 0 Å². The topological polar surface area (TPSA) is 49.3 Å². The van der Waals surface area contributed by atoms with E-state index in [0.717, 1.165) is 0 Å². The Morgan fingerprint density at radius 1 is 1.50 bits per heavy atom. The number of rotatable bonds is 3. The zero-order valence-electron chi connectivity index (χ0n) is 7.83. The van der Waals surface area contributed by atoms with Gasteiger partial charge in [-0.1, -0.05) is 0 Å². The Labute approximate surface area is 81.6 Å². The summed E-state index contributed by atoms with van der Waals surface area (Å²) in [5, 5.41) is 11.4. The molecule has 1 aromatic carbocycles. The average molecular weight is 197 g/mol. The van der Waals surface area contributed by atoms with Crippen molar-refractivity contribution in [3.63, 3.8) is 0 Å². The molecule has 0 unspecified atom stereocenters. The molecule has 0 aliphatic rings. The fourth-order valence-corrected chi connectivity index (χ4v) is 0.944. The molecular weight excluding hydrogens is 185 g/mol. The summed E-state index contributed by atoms with van der Waals surface area (Å²) >= 11 is 0. The van der Waals surface area contributed by atoms with Gasteiger partial charge in [-0.05, 0) is 31.2 Å². The van der Waals surface area contributed by atoms with Crippen LogP contribution in [0.1, 0.15) is 17.3 Å². The van der Waals surface area contributed by atoms with Crippen molar-refractivity contribution in [2.75, 3.05) is 6.54 Å². The maximum atomic E-state index is 12.5. The third-order valence-corrected chi connectivity index (χ3v) is 1.66. The van der Waals surface area contributed by atoms with Crippen LogP contribution in [0.5, 0.6) is 0 Å². The van der Waals surface area contributed by atoms with Gasteiger partial charge in [0, 0.05) is 12.1 Å². The molecule has 3 nitrogen and oxygen atoms in total. The van der Waals surface area contributed by atoms with Gasteiger partial charge in [0.25, 0.3) is 5.91 Å². The first kappa shape index (κ1) is 10.7. The lowest BCUT2D eigenvalue weighted by Gasteiger charge is -2.06. The maximum Gasteiger partial charge on any atom is 0.251 e. The Bertz CT molecular complexity index is 308. The molecule has 4 heteroatoms. The zero-order valence-corrected chi connectivity index (χ0v) is 7.83. The summed E-state index contributed by atoms with van der Waals surface area (Å²) in [5.41, 5.74) is 0.382. The minimum absolute atomic E-state index is 0.191. The van der Waals surface area contributed by atoms with Crippen molar-refractivity contribution in [1.82, 2.24) is 5.32 Å². The van der Waals surface area contributed by atoms with Crippen molar-refractivity contribution in [3.05, 3.63) is 35.6 Å². The van der Waals surface area contributed by atoms with E-state index in [1.165, 1.54) is 24.3 Å². The number of amides is 1. The van der Waals surface area contributed by atoms with Crippen LogP contribution in [0.15, 0.2) is 24.3 Å². The Hall–Kier alpha value is -1.42. The van der Waals surface area contributed by atoms with Crippen LogP contribution < -0.4 is 5.32 Å². The van der Waals surface area contributed by atoms with E-state index in [1.807, 2.05) is 0 Å². The monoisotopic (exact) mass is 197 g/mol. The Morgan fingerprint density at radius 2 is 2.07 bits per heavy atom. The van der Waals surface area contributed by atoms with E-state index in [9.17, 15) is 9.18 Å². The summed E-state index contributed by atoms with van der Waals surface area (Å²) in [6.45, 7) is 1.77. The number of hydrogen-bond acceptors (Lipinski definition) is 2. The van der Waals surface area contributed by atoms with Gasteiger partial charge in [0.2, 0.25) is 0 Å². The molecule has 0 aromatic heterocycles. The molecule has 2 N–H and O–H groups in total. The molecule has 1 aromatic rings. The number of benzene rings is 1. The fraction of sp³-hybridized carbons (Fsp3) is 0.300. The molecule has 0 bridgehead atoms. The highest BCUT2D eigenvalue weighted by Crippen LogP contribution is 2.02. The van der Waals surface area contributed by atoms with Gasteiger partial charge in [0.05, 0.1) is 6.10 Å². The molecule has 76 valence electrons. The van der Waals surface area contributed by atoms with Gasteiger partial charge in [-0.25, -0.2) is 4.39 Å². The van der Waals surface area contributed by atoms with Gasteiger partial charge >= 0.3 is 0 Å². The van der Waals surface area contributed by atoms with Gasteiger partial charge in [-0.3, -0.25) is 4.79 Å². The smallest absolute Gasteiger partial charge is 0.251 e. The molecule has 0 aliphatic carbocycles. The van der Waals surface area contributed by atoms with E-state index in [1.54, 1.807) is 6.92 Å². The maximum absolute atomic E-state index is 12.5. The number of aliphatic hydroxyl groups excluding tert-OH is 1. The normalized spacial score (nSPS) is 12.2. The van der Waals surface area contributed by atoms with E-state index >= 15 is 0 Å². The van der Waals surface area contributed by atoms with Crippen LogP contribution >= 0.6 is 0 Å². The summed E-state index contributed by atoms with van der Waals surface area (Å²) in [7, 11) is 0. The average Bonchev–Trinajstić information content (AvgIpc) is 2.15. The number of nitrogens with one attached hydrogen (secondary N) is 1.